The molecule has 168 valence electrons. The van der Waals surface area contributed by atoms with E-state index in [-0.39, 0.29) is 11.5 Å². The number of amides is 1. The van der Waals surface area contributed by atoms with Crippen molar-refractivity contribution >= 4 is 23.7 Å². The third kappa shape index (κ3) is 5.96. The van der Waals surface area contributed by atoms with Crippen molar-refractivity contribution in [1.29, 1.82) is 0 Å². The molecule has 0 spiro atoms. The summed E-state index contributed by atoms with van der Waals surface area (Å²) in [4.78, 5) is 43.8. The number of carbonyl (C=O) groups excluding carboxylic acids is 1. The van der Waals surface area contributed by atoms with Crippen LogP contribution in [0, 0.1) is 0 Å². The van der Waals surface area contributed by atoms with Crippen molar-refractivity contribution in [2.24, 2.45) is 0 Å². The second-order valence-corrected chi connectivity index (χ2v) is 6.84. The first-order valence-corrected chi connectivity index (χ1v) is 9.08. The minimum absolute atomic E-state index is 0.0425. The van der Waals surface area contributed by atoms with E-state index >= 15 is 0 Å². The number of aromatic nitrogens is 2. The van der Waals surface area contributed by atoms with E-state index in [1.165, 1.54) is 0 Å². The molecule has 3 N–H and O–H groups in total. The number of fused-ring (bicyclic) bond motifs is 1. The Balaban J connectivity index is 0.000000423. The Morgan fingerprint density at radius 1 is 1.16 bits per heavy atom. The average Bonchev–Trinajstić information content (AvgIpc) is 3.13. The van der Waals surface area contributed by atoms with Crippen LogP contribution in [0.1, 0.15) is 32.1 Å². The fraction of sp³-hybridized carbons (Fsp3) is 0.368. The van der Waals surface area contributed by atoms with Crippen LogP contribution in [-0.4, -0.2) is 76.3 Å². The molecule has 0 radical (unpaired) electrons. The summed E-state index contributed by atoms with van der Waals surface area (Å²) in [5, 5.41) is 16.5. The van der Waals surface area contributed by atoms with Gasteiger partial charge in [0, 0.05) is 45.5 Å². The summed E-state index contributed by atoms with van der Waals surface area (Å²) in [5.74, 6) is -3.34. The fourth-order valence-corrected chi connectivity index (χ4v) is 2.96. The van der Waals surface area contributed by atoms with Crippen LogP contribution in [0.5, 0.6) is 0 Å². The molecule has 3 rings (SSSR count). The molecular weight excluding hydrogens is 421 g/mol. The number of carboxylic acid groups (broad SMARTS) is 2. The van der Waals surface area contributed by atoms with Crippen LogP contribution in [0.25, 0.3) is 0 Å². The number of anilines is 1. The first-order valence-electron chi connectivity index (χ1n) is 9.08. The highest BCUT2D eigenvalue weighted by Gasteiger charge is 2.38. The highest BCUT2D eigenvalue weighted by molar-refractivity contribution is 5.94. The molecule has 12 heteroatoms. The first kappa shape index (κ1) is 23.7. The van der Waals surface area contributed by atoms with Crippen LogP contribution in [0.4, 0.5) is 19.0 Å². The zero-order valence-electron chi connectivity index (χ0n) is 16.7. The lowest BCUT2D eigenvalue weighted by molar-refractivity contribution is -0.192. The maximum Gasteiger partial charge on any atom is 0.490 e. The number of H-pyrrole nitrogens is 1. The molecule has 1 aliphatic heterocycles. The van der Waals surface area contributed by atoms with Crippen molar-refractivity contribution in [3.8, 4) is 0 Å². The number of aliphatic carboxylic acids is 1. The van der Waals surface area contributed by atoms with Crippen LogP contribution in [0.2, 0.25) is 0 Å². The number of hydrogen-bond donors (Lipinski definition) is 3. The lowest BCUT2D eigenvalue weighted by Crippen LogP contribution is -2.33. The lowest BCUT2D eigenvalue weighted by Gasteiger charge is -2.19. The van der Waals surface area contributed by atoms with E-state index in [1.807, 2.05) is 0 Å². The summed E-state index contributed by atoms with van der Waals surface area (Å²) < 4.78 is 31.7. The molecule has 0 aromatic carbocycles. The SMILES string of the molecule is CN(C)c1nc2c(cc1C(=O)O)CCN(C(=O)c1ccc[nH]1)CC2.O=C(O)C(F)(F)F. The highest BCUT2D eigenvalue weighted by atomic mass is 19.4. The number of alkyl halides is 3. The molecule has 0 unspecified atom stereocenters. The minimum atomic E-state index is -5.08. The monoisotopic (exact) mass is 442 g/mol. The zero-order chi connectivity index (χ0) is 23.3. The summed E-state index contributed by atoms with van der Waals surface area (Å²) in [7, 11) is 3.55. The fourth-order valence-electron chi connectivity index (χ4n) is 2.96. The normalized spacial score (nSPS) is 13.4. The Labute approximate surface area is 175 Å². The van der Waals surface area contributed by atoms with Gasteiger partial charge in [-0.05, 0) is 30.2 Å². The second kappa shape index (κ2) is 9.49. The van der Waals surface area contributed by atoms with Crippen molar-refractivity contribution in [1.82, 2.24) is 14.9 Å². The van der Waals surface area contributed by atoms with Gasteiger partial charge >= 0.3 is 18.1 Å². The molecule has 0 saturated heterocycles. The average molecular weight is 442 g/mol. The van der Waals surface area contributed by atoms with Gasteiger partial charge in [0.05, 0.1) is 0 Å². The van der Waals surface area contributed by atoms with E-state index in [2.05, 4.69) is 9.97 Å². The predicted molar refractivity (Wildman–Crippen MR) is 103 cm³/mol. The number of nitrogens with zero attached hydrogens (tertiary/aromatic N) is 3. The second-order valence-electron chi connectivity index (χ2n) is 6.84. The third-order valence-corrected chi connectivity index (χ3v) is 4.45. The number of nitrogens with one attached hydrogen (secondary N) is 1. The largest absolute Gasteiger partial charge is 0.490 e. The van der Waals surface area contributed by atoms with Crippen LogP contribution in [0.15, 0.2) is 24.4 Å². The minimum Gasteiger partial charge on any atom is -0.478 e. The molecule has 9 nitrogen and oxygen atoms in total. The number of aromatic amines is 1. The van der Waals surface area contributed by atoms with Gasteiger partial charge < -0.3 is 25.0 Å². The van der Waals surface area contributed by atoms with Crippen molar-refractivity contribution in [2.75, 3.05) is 32.1 Å². The number of rotatable bonds is 3. The summed E-state index contributed by atoms with van der Waals surface area (Å²) in [6.45, 7) is 1.12. The van der Waals surface area contributed by atoms with Gasteiger partial charge in [0.2, 0.25) is 0 Å². The Hall–Kier alpha value is -3.57. The van der Waals surface area contributed by atoms with E-state index in [0.717, 1.165) is 11.3 Å². The van der Waals surface area contributed by atoms with E-state index in [4.69, 9.17) is 9.90 Å². The van der Waals surface area contributed by atoms with Crippen LogP contribution < -0.4 is 4.90 Å². The maximum absolute atomic E-state index is 12.5. The number of pyridine rings is 1. The molecular formula is C19H21F3N4O5. The number of aromatic carboxylic acids is 1. The number of hydrogen-bond acceptors (Lipinski definition) is 5. The first-order chi connectivity index (χ1) is 14.4. The van der Waals surface area contributed by atoms with E-state index in [9.17, 15) is 27.9 Å². The van der Waals surface area contributed by atoms with Gasteiger partial charge in [-0.1, -0.05) is 0 Å². The molecule has 0 fully saturated rings. The van der Waals surface area contributed by atoms with E-state index in [0.29, 0.717) is 37.4 Å². The van der Waals surface area contributed by atoms with Crippen molar-refractivity contribution < 1.29 is 37.8 Å². The molecule has 0 saturated carbocycles. The summed E-state index contributed by atoms with van der Waals surface area (Å²) >= 11 is 0. The van der Waals surface area contributed by atoms with Gasteiger partial charge in [-0.2, -0.15) is 13.2 Å². The summed E-state index contributed by atoms with van der Waals surface area (Å²) in [5.41, 5.74) is 2.53. The molecule has 1 aliphatic rings. The molecule has 31 heavy (non-hydrogen) atoms. The molecule has 2 aromatic heterocycles. The number of carbonyl (C=O) groups is 3. The van der Waals surface area contributed by atoms with Crippen molar-refractivity contribution in [3.63, 3.8) is 0 Å². The predicted octanol–water partition coefficient (Wildman–Crippen LogP) is 2.05. The maximum atomic E-state index is 12.5. The Bertz CT molecular complexity index is 958. The Morgan fingerprint density at radius 3 is 2.26 bits per heavy atom. The Morgan fingerprint density at radius 2 is 1.77 bits per heavy atom. The van der Waals surface area contributed by atoms with E-state index in [1.54, 1.807) is 48.3 Å². The molecule has 1 amide bonds. The van der Waals surface area contributed by atoms with Gasteiger partial charge in [0.1, 0.15) is 17.1 Å². The van der Waals surface area contributed by atoms with Crippen molar-refractivity contribution in [3.05, 3.63) is 46.9 Å². The summed E-state index contributed by atoms with van der Waals surface area (Å²) in [6.07, 6.45) is -2.14. The lowest BCUT2D eigenvalue weighted by atomic mass is 10.1. The quantitative estimate of drug-likeness (QED) is 0.664. The topological polar surface area (TPSA) is 127 Å². The number of carboxylic acids is 2. The van der Waals surface area contributed by atoms with Crippen LogP contribution in [0.3, 0.4) is 0 Å². The molecule has 0 bridgehead atoms. The van der Waals surface area contributed by atoms with Gasteiger partial charge in [-0.3, -0.25) is 4.79 Å². The molecule has 0 atom stereocenters. The van der Waals surface area contributed by atoms with Gasteiger partial charge in [0.15, 0.2) is 0 Å². The van der Waals surface area contributed by atoms with Gasteiger partial charge in [-0.25, -0.2) is 14.6 Å². The highest BCUT2D eigenvalue weighted by Crippen LogP contribution is 2.23. The zero-order valence-corrected chi connectivity index (χ0v) is 16.7. The number of halogens is 3. The van der Waals surface area contributed by atoms with Crippen LogP contribution >= 0.6 is 0 Å². The van der Waals surface area contributed by atoms with Gasteiger partial charge in [0.25, 0.3) is 5.91 Å². The van der Waals surface area contributed by atoms with E-state index < -0.39 is 18.1 Å². The molecule has 3 heterocycles. The molecule has 0 aliphatic carbocycles. The summed E-state index contributed by atoms with van der Waals surface area (Å²) in [6, 6.07) is 5.25. The Kier molecular flexibility index (Phi) is 7.26. The van der Waals surface area contributed by atoms with Gasteiger partial charge in [-0.15, -0.1) is 0 Å². The molecule has 2 aromatic rings. The third-order valence-electron chi connectivity index (χ3n) is 4.45. The van der Waals surface area contributed by atoms with Crippen molar-refractivity contribution in [2.45, 2.75) is 19.0 Å². The van der Waals surface area contributed by atoms with Crippen LogP contribution in [-0.2, 0) is 17.6 Å². The standard InChI is InChI=1S/C17H20N4O3.C2HF3O2/c1-20(2)15-12(17(23)24)10-11-5-8-21(9-6-13(11)19-15)16(22)14-4-3-7-18-14;3-2(4,5)1(6)7/h3-4,7,10,18H,5-6,8-9H2,1-2H3,(H,23,24);(H,6,7). The smallest absolute Gasteiger partial charge is 0.478 e.